The molecule has 0 aliphatic heterocycles. The second-order valence-electron chi connectivity index (χ2n) is 8.88. The van der Waals surface area contributed by atoms with E-state index in [1.54, 1.807) is 13.8 Å². The molecular formula is C28H36O8. The highest BCUT2D eigenvalue weighted by atomic mass is 16.6. The average molecular weight is 501 g/mol. The lowest BCUT2D eigenvalue weighted by Crippen LogP contribution is -2.32. The molecule has 0 aromatic heterocycles. The highest BCUT2D eigenvalue weighted by molar-refractivity contribution is 5.75. The van der Waals surface area contributed by atoms with Crippen molar-refractivity contribution >= 4 is 11.9 Å². The summed E-state index contributed by atoms with van der Waals surface area (Å²) in [6, 6.07) is 14.8. The topological polar surface area (TPSA) is 112 Å². The van der Waals surface area contributed by atoms with Crippen molar-refractivity contribution in [2.45, 2.75) is 76.8 Å². The molecule has 2 aromatic rings. The van der Waals surface area contributed by atoms with Crippen molar-refractivity contribution < 1.29 is 38.7 Å². The van der Waals surface area contributed by atoms with Gasteiger partial charge in [0.05, 0.1) is 13.2 Å². The van der Waals surface area contributed by atoms with Gasteiger partial charge in [-0.1, -0.05) is 24.3 Å². The molecule has 0 saturated heterocycles. The van der Waals surface area contributed by atoms with Gasteiger partial charge in [0, 0.05) is 19.3 Å². The van der Waals surface area contributed by atoms with Gasteiger partial charge in [-0.15, -0.1) is 0 Å². The molecule has 36 heavy (non-hydrogen) atoms. The minimum absolute atomic E-state index is 0.0266. The Hall–Kier alpha value is -3.10. The Morgan fingerprint density at radius 1 is 0.750 bits per heavy atom. The first-order valence-corrected chi connectivity index (χ1v) is 12.6. The summed E-state index contributed by atoms with van der Waals surface area (Å²) >= 11 is 0. The number of rotatable bonds is 12. The summed E-state index contributed by atoms with van der Waals surface area (Å²) < 4.78 is 22.0. The lowest BCUT2D eigenvalue weighted by atomic mass is 9.94. The van der Waals surface area contributed by atoms with Gasteiger partial charge < -0.3 is 29.2 Å². The van der Waals surface area contributed by atoms with Crippen molar-refractivity contribution in [2.24, 2.45) is 0 Å². The quantitative estimate of drug-likeness (QED) is 0.427. The van der Waals surface area contributed by atoms with Gasteiger partial charge in [-0.25, -0.2) is 9.59 Å². The van der Waals surface area contributed by atoms with Crippen molar-refractivity contribution in [3.05, 3.63) is 59.7 Å². The van der Waals surface area contributed by atoms with Crippen LogP contribution in [0.2, 0.25) is 0 Å². The van der Waals surface area contributed by atoms with Gasteiger partial charge in [0.1, 0.15) is 23.7 Å². The molecule has 0 spiro atoms. The maximum Gasteiger partial charge on any atom is 0.335 e. The second-order valence-corrected chi connectivity index (χ2v) is 8.88. The summed E-state index contributed by atoms with van der Waals surface area (Å²) in [5.41, 5.74) is 1.65. The van der Waals surface area contributed by atoms with E-state index in [9.17, 15) is 19.8 Å². The van der Waals surface area contributed by atoms with Crippen LogP contribution in [0.5, 0.6) is 11.5 Å². The number of carbonyl (C=O) groups is 2. The Balaban J connectivity index is 1.47. The molecular weight excluding hydrogens is 464 g/mol. The van der Waals surface area contributed by atoms with E-state index in [0.717, 1.165) is 48.3 Å². The van der Waals surface area contributed by atoms with E-state index < -0.39 is 24.1 Å². The molecule has 0 radical (unpaired) electrons. The van der Waals surface area contributed by atoms with Gasteiger partial charge in [0.25, 0.3) is 0 Å². The summed E-state index contributed by atoms with van der Waals surface area (Å²) in [5.74, 6) is 0.240. The second kappa shape index (κ2) is 13.8. The lowest BCUT2D eigenvalue weighted by molar-refractivity contribution is -0.153. The molecule has 1 aliphatic carbocycles. The van der Waals surface area contributed by atoms with Gasteiger partial charge in [0.15, 0.2) is 12.2 Å². The normalized spacial score (nSPS) is 19.1. The molecule has 196 valence electrons. The molecule has 0 amide bonds. The Bertz CT molecular complexity index is 879. The maximum absolute atomic E-state index is 11.6. The van der Waals surface area contributed by atoms with Crippen LogP contribution < -0.4 is 9.47 Å². The van der Waals surface area contributed by atoms with E-state index >= 15 is 0 Å². The Morgan fingerprint density at radius 3 is 1.50 bits per heavy atom. The van der Waals surface area contributed by atoms with Crippen molar-refractivity contribution in [1.29, 1.82) is 0 Å². The van der Waals surface area contributed by atoms with E-state index in [-0.39, 0.29) is 38.3 Å². The zero-order chi connectivity index (χ0) is 25.9. The summed E-state index contributed by atoms with van der Waals surface area (Å²) in [4.78, 5) is 23.2. The lowest BCUT2D eigenvalue weighted by Gasteiger charge is -2.30. The van der Waals surface area contributed by atoms with Crippen LogP contribution in [0.15, 0.2) is 48.5 Å². The molecule has 3 rings (SSSR count). The molecule has 1 saturated carbocycles. The number of ether oxygens (including phenoxy) is 4. The standard InChI is InChI=1S/C28H36O8/c1-3-33-27(31)25(29)16-19-8-12-21(13-9-19)35-23-6-5-7-24(18-23)36-22-14-10-20(11-15-22)17-26(30)28(32)34-4-2/h8-15,23-26,29-30H,3-7,16-18H2,1-2H3. The fourth-order valence-corrected chi connectivity index (χ4v) is 4.20. The Morgan fingerprint density at radius 2 is 1.14 bits per heavy atom. The Labute approximate surface area is 212 Å². The van der Waals surface area contributed by atoms with E-state index in [1.165, 1.54) is 0 Å². The van der Waals surface area contributed by atoms with Gasteiger partial charge in [-0.05, 0) is 68.5 Å². The van der Waals surface area contributed by atoms with Crippen LogP contribution in [0.25, 0.3) is 0 Å². The van der Waals surface area contributed by atoms with Gasteiger partial charge >= 0.3 is 11.9 Å². The molecule has 1 fully saturated rings. The third-order valence-corrected chi connectivity index (χ3v) is 6.01. The van der Waals surface area contributed by atoms with Crippen molar-refractivity contribution in [3.63, 3.8) is 0 Å². The smallest absolute Gasteiger partial charge is 0.335 e. The third kappa shape index (κ3) is 8.53. The number of benzene rings is 2. The molecule has 0 bridgehead atoms. The van der Waals surface area contributed by atoms with E-state index in [2.05, 4.69) is 0 Å². The number of esters is 2. The van der Waals surface area contributed by atoms with Gasteiger partial charge in [-0.3, -0.25) is 0 Å². The van der Waals surface area contributed by atoms with Gasteiger partial charge in [-0.2, -0.15) is 0 Å². The van der Waals surface area contributed by atoms with Crippen LogP contribution in [0.4, 0.5) is 0 Å². The first kappa shape index (κ1) is 27.5. The van der Waals surface area contributed by atoms with Crippen molar-refractivity contribution in [1.82, 2.24) is 0 Å². The van der Waals surface area contributed by atoms with Crippen LogP contribution >= 0.6 is 0 Å². The minimum Gasteiger partial charge on any atom is -0.490 e. The van der Waals surface area contributed by atoms with Crippen LogP contribution in [0.1, 0.15) is 50.7 Å². The predicted molar refractivity (Wildman–Crippen MR) is 133 cm³/mol. The predicted octanol–water partition coefficient (Wildman–Crippen LogP) is 3.39. The zero-order valence-corrected chi connectivity index (χ0v) is 20.9. The van der Waals surface area contributed by atoms with E-state index in [1.807, 2.05) is 48.5 Å². The largest absolute Gasteiger partial charge is 0.490 e. The van der Waals surface area contributed by atoms with E-state index in [0.29, 0.717) is 0 Å². The zero-order valence-electron chi connectivity index (χ0n) is 20.9. The molecule has 8 heteroatoms. The summed E-state index contributed by atoms with van der Waals surface area (Å²) in [6.45, 7) is 3.88. The molecule has 0 heterocycles. The fraction of sp³-hybridized carbons (Fsp3) is 0.500. The molecule has 8 nitrogen and oxygen atoms in total. The van der Waals surface area contributed by atoms with Crippen LogP contribution in [0, 0.1) is 0 Å². The molecule has 4 unspecified atom stereocenters. The molecule has 1 aliphatic rings. The number of aliphatic hydroxyl groups excluding tert-OH is 2. The number of carbonyl (C=O) groups excluding carboxylic acids is 2. The number of hydrogen-bond donors (Lipinski definition) is 2. The monoisotopic (exact) mass is 500 g/mol. The van der Waals surface area contributed by atoms with E-state index in [4.69, 9.17) is 18.9 Å². The first-order valence-electron chi connectivity index (χ1n) is 12.6. The number of aliphatic hydroxyl groups is 2. The maximum atomic E-state index is 11.6. The van der Waals surface area contributed by atoms with Crippen LogP contribution in [-0.2, 0) is 31.9 Å². The van der Waals surface area contributed by atoms with Crippen molar-refractivity contribution in [3.8, 4) is 11.5 Å². The molecule has 2 N–H and O–H groups in total. The molecule has 4 atom stereocenters. The highest BCUT2D eigenvalue weighted by Crippen LogP contribution is 2.28. The average Bonchev–Trinajstić information content (AvgIpc) is 2.87. The summed E-state index contributed by atoms with van der Waals surface area (Å²) in [7, 11) is 0. The molecule has 2 aromatic carbocycles. The SMILES string of the molecule is CCOC(=O)C(O)Cc1ccc(OC2CCCC(Oc3ccc(CC(O)C(=O)OCC)cc3)C2)cc1. The summed E-state index contributed by atoms with van der Waals surface area (Å²) in [6.07, 6.45) is 1.71. The highest BCUT2D eigenvalue weighted by Gasteiger charge is 2.25. The fourth-order valence-electron chi connectivity index (χ4n) is 4.20. The Kier molecular flexibility index (Phi) is 10.6. The van der Waals surface area contributed by atoms with Crippen molar-refractivity contribution in [2.75, 3.05) is 13.2 Å². The van der Waals surface area contributed by atoms with Crippen LogP contribution in [0.3, 0.4) is 0 Å². The summed E-state index contributed by atoms with van der Waals surface area (Å²) in [5, 5.41) is 19.9. The van der Waals surface area contributed by atoms with Crippen LogP contribution in [-0.4, -0.2) is 59.8 Å². The third-order valence-electron chi connectivity index (χ3n) is 6.01. The number of hydrogen-bond acceptors (Lipinski definition) is 8. The minimum atomic E-state index is -1.18. The van der Waals surface area contributed by atoms with Gasteiger partial charge in [0.2, 0.25) is 0 Å². The first-order chi connectivity index (χ1) is 17.4.